The van der Waals surface area contributed by atoms with Crippen LogP contribution in [0.1, 0.15) is 5.69 Å². The number of pyridine rings is 1. The zero-order valence-electron chi connectivity index (χ0n) is 16.0. The van der Waals surface area contributed by atoms with E-state index in [0.717, 1.165) is 24.8 Å². The molecule has 0 radical (unpaired) electrons. The van der Waals surface area contributed by atoms with Gasteiger partial charge in [0.15, 0.2) is 11.6 Å². The van der Waals surface area contributed by atoms with Crippen molar-refractivity contribution in [3.63, 3.8) is 0 Å². The fourth-order valence-electron chi connectivity index (χ4n) is 3.85. The lowest BCUT2D eigenvalue weighted by atomic mass is 10.1. The second-order valence-corrected chi connectivity index (χ2v) is 7.30. The number of anilines is 1. The van der Waals surface area contributed by atoms with Crippen molar-refractivity contribution in [2.24, 2.45) is 0 Å². The Bertz CT molecular complexity index is 878. The fourth-order valence-corrected chi connectivity index (χ4v) is 3.85. The number of nitrogens with zero attached hydrogens (tertiary/aromatic N) is 4. The van der Waals surface area contributed by atoms with Gasteiger partial charge in [-0.05, 0) is 25.1 Å². The van der Waals surface area contributed by atoms with Crippen LogP contribution in [0.25, 0.3) is 10.9 Å². The summed E-state index contributed by atoms with van der Waals surface area (Å²) in [7, 11) is 0. The van der Waals surface area contributed by atoms with Gasteiger partial charge in [-0.1, -0.05) is 0 Å². The van der Waals surface area contributed by atoms with Crippen LogP contribution in [0.5, 0.6) is 0 Å². The smallest absolute Gasteiger partial charge is 0.236 e. The molecule has 6 nitrogen and oxygen atoms in total. The van der Waals surface area contributed by atoms with Gasteiger partial charge in [-0.3, -0.25) is 9.69 Å². The number of hydrogen-bond donors (Lipinski definition) is 0. The van der Waals surface area contributed by atoms with Crippen LogP contribution in [0.15, 0.2) is 18.2 Å². The van der Waals surface area contributed by atoms with Crippen LogP contribution in [0.3, 0.4) is 0 Å². The number of rotatable bonds is 3. The number of hydrogen-bond acceptors (Lipinski definition) is 5. The summed E-state index contributed by atoms with van der Waals surface area (Å²) >= 11 is 0. The topological polar surface area (TPSA) is 48.9 Å². The predicted octanol–water partition coefficient (Wildman–Crippen LogP) is 1.80. The van der Waals surface area contributed by atoms with Crippen LogP contribution in [-0.4, -0.2) is 79.7 Å². The van der Waals surface area contributed by atoms with Crippen molar-refractivity contribution >= 4 is 22.5 Å². The number of piperazine rings is 1. The monoisotopic (exact) mass is 390 g/mol. The SMILES string of the molecule is Cc1cc(N2CCN(CC(=O)N3CCOCC3)CC2)c2ccc(F)c(F)c2n1. The molecule has 0 aliphatic carbocycles. The Balaban J connectivity index is 1.45. The van der Waals surface area contributed by atoms with E-state index in [1.807, 2.05) is 11.0 Å². The largest absolute Gasteiger partial charge is 0.378 e. The van der Waals surface area contributed by atoms with Gasteiger partial charge in [-0.2, -0.15) is 0 Å². The van der Waals surface area contributed by atoms with Crippen molar-refractivity contribution < 1.29 is 18.3 Å². The molecule has 0 bridgehead atoms. The van der Waals surface area contributed by atoms with E-state index >= 15 is 0 Å². The minimum absolute atomic E-state index is 0.0694. The number of halogens is 2. The van der Waals surface area contributed by atoms with Gasteiger partial charge in [0, 0.05) is 56.0 Å². The highest BCUT2D eigenvalue weighted by atomic mass is 19.2. The Hall–Kier alpha value is -2.32. The van der Waals surface area contributed by atoms with Crippen molar-refractivity contribution in [2.75, 3.05) is 63.9 Å². The van der Waals surface area contributed by atoms with Crippen LogP contribution in [0.2, 0.25) is 0 Å². The summed E-state index contributed by atoms with van der Waals surface area (Å²) < 4.78 is 33.1. The molecule has 1 amide bonds. The molecular weight excluding hydrogens is 366 g/mol. The van der Waals surface area contributed by atoms with Gasteiger partial charge in [0.1, 0.15) is 5.52 Å². The Morgan fingerprint density at radius 2 is 1.82 bits per heavy atom. The maximum Gasteiger partial charge on any atom is 0.236 e. The van der Waals surface area contributed by atoms with E-state index in [4.69, 9.17) is 4.74 Å². The number of ether oxygens (including phenoxy) is 1. The summed E-state index contributed by atoms with van der Waals surface area (Å²) in [5.41, 5.74) is 1.58. The van der Waals surface area contributed by atoms with E-state index in [2.05, 4.69) is 14.8 Å². The zero-order chi connectivity index (χ0) is 19.7. The molecule has 2 aliphatic rings. The highest BCUT2D eigenvalue weighted by Crippen LogP contribution is 2.30. The molecule has 4 rings (SSSR count). The minimum Gasteiger partial charge on any atom is -0.378 e. The number of fused-ring (bicyclic) bond motifs is 1. The van der Waals surface area contributed by atoms with E-state index in [9.17, 15) is 13.6 Å². The number of amides is 1. The molecule has 0 spiro atoms. The van der Waals surface area contributed by atoms with Crippen LogP contribution in [0, 0.1) is 18.6 Å². The summed E-state index contributed by atoms with van der Waals surface area (Å²) in [4.78, 5) is 22.8. The predicted molar refractivity (Wildman–Crippen MR) is 102 cm³/mol. The molecule has 2 fully saturated rings. The average Bonchev–Trinajstić information content (AvgIpc) is 2.72. The number of benzene rings is 1. The minimum atomic E-state index is -0.905. The van der Waals surface area contributed by atoms with Gasteiger partial charge < -0.3 is 14.5 Å². The highest BCUT2D eigenvalue weighted by molar-refractivity contribution is 5.92. The first-order chi connectivity index (χ1) is 13.5. The molecule has 2 aliphatic heterocycles. The van der Waals surface area contributed by atoms with Crippen LogP contribution in [-0.2, 0) is 9.53 Å². The van der Waals surface area contributed by atoms with E-state index in [1.165, 1.54) is 0 Å². The van der Waals surface area contributed by atoms with E-state index in [1.54, 1.807) is 13.0 Å². The maximum absolute atomic E-state index is 14.2. The Morgan fingerprint density at radius 1 is 1.11 bits per heavy atom. The summed E-state index contributed by atoms with van der Waals surface area (Å²) in [6, 6.07) is 4.65. The third kappa shape index (κ3) is 3.79. The molecule has 0 unspecified atom stereocenters. The van der Waals surface area contributed by atoms with E-state index in [0.29, 0.717) is 57.0 Å². The number of morpholine rings is 1. The quantitative estimate of drug-likeness (QED) is 0.800. The Morgan fingerprint density at radius 3 is 2.54 bits per heavy atom. The molecule has 1 aromatic heterocycles. The summed E-state index contributed by atoms with van der Waals surface area (Å²) in [6.07, 6.45) is 0. The van der Waals surface area contributed by atoms with E-state index < -0.39 is 11.6 Å². The first kappa shape index (κ1) is 19.0. The van der Waals surface area contributed by atoms with Crippen LogP contribution >= 0.6 is 0 Å². The number of aryl methyl sites for hydroxylation is 1. The maximum atomic E-state index is 14.2. The first-order valence-corrected chi connectivity index (χ1v) is 9.61. The van der Waals surface area contributed by atoms with Gasteiger partial charge >= 0.3 is 0 Å². The highest BCUT2D eigenvalue weighted by Gasteiger charge is 2.24. The van der Waals surface area contributed by atoms with Crippen molar-refractivity contribution in [3.8, 4) is 0 Å². The second-order valence-electron chi connectivity index (χ2n) is 7.30. The summed E-state index contributed by atoms with van der Waals surface area (Å²) in [6.45, 7) is 7.62. The standard InChI is InChI=1S/C20H24F2N4O2/c1-14-12-17(15-2-3-16(21)19(22)20(15)23-14)25-6-4-24(5-7-25)13-18(27)26-8-10-28-11-9-26/h2-3,12H,4-11,13H2,1H3. The average molecular weight is 390 g/mol. The Labute approximate surface area is 162 Å². The third-order valence-corrected chi connectivity index (χ3v) is 5.41. The molecule has 0 N–H and O–H groups in total. The van der Waals surface area contributed by atoms with Gasteiger partial charge in [-0.25, -0.2) is 13.8 Å². The van der Waals surface area contributed by atoms with Crippen LogP contribution < -0.4 is 4.90 Å². The molecule has 2 saturated heterocycles. The van der Waals surface area contributed by atoms with Gasteiger partial charge in [0.2, 0.25) is 5.91 Å². The molecule has 8 heteroatoms. The van der Waals surface area contributed by atoms with Gasteiger partial charge in [0.05, 0.1) is 19.8 Å². The second kappa shape index (κ2) is 7.97. The first-order valence-electron chi connectivity index (χ1n) is 9.61. The van der Waals surface area contributed by atoms with Crippen molar-refractivity contribution in [1.29, 1.82) is 0 Å². The molecular formula is C20H24F2N4O2. The molecule has 28 heavy (non-hydrogen) atoms. The Kier molecular flexibility index (Phi) is 5.41. The number of aromatic nitrogens is 1. The molecule has 150 valence electrons. The fraction of sp³-hybridized carbons (Fsp3) is 0.500. The molecule has 0 saturated carbocycles. The molecule has 1 aromatic carbocycles. The van der Waals surface area contributed by atoms with Gasteiger partial charge in [-0.15, -0.1) is 0 Å². The number of carbonyl (C=O) groups is 1. The van der Waals surface area contributed by atoms with Gasteiger partial charge in [0.25, 0.3) is 0 Å². The van der Waals surface area contributed by atoms with Crippen molar-refractivity contribution in [3.05, 3.63) is 35.5 Å². The van der Waals surface area contributed by atoms with Crippen molar-refractivity contribution in [1.82, 2.24) is 14.8 Å². The zero-order valence-corrected chi connectivity index (χ0v) is 16.0. The summed E-state index contributed by atoms with van der Waals surface area (Å²) in [5, 5.41) is 0.613. The molecule has 3 heterocycles. The molecule has 2 aromatic rings. The lowest BCUT2D eigenvalue weighted by Crippen LogP contribution is -2.51. The molecule has 0 atom stereocenters. The lowest BCUT2D eigenvalue weighted by Gasteiger charge is -2.37. The van der Waals surface area contributed by atoms with Crippen molar-refractivity contribution in [2.45, 2.75) is 6.92 Å². The lowest BCUT2D eigenvalue weighted by molar-refractivity contribution is -0.136. The third-order valence-electron chi connectivity index (χ3n) is 5.41. The number of carbonyl (C=O) groups excluding carboxylic acids is 1. The normalized spacial score (nSPS) is 18.7. The van der Waals surface area contributed by atoms with E-state index in [-0.39, 0.29) is 11.4 Å². The van der Waals surface area contributed by atoms with Crippen LogP contribution in [0.4, 0.5) is 14.5 Å². The summed E-state index contributed by atoms with van der Waals surface area (Å²) in [5.74, 6) is -1.65.